The van der Waals surface area contributed by atoms with Crippen LogP contribution in [0.1, 0.15) is 12.8 Å². The summed E-state index contributed by atoms with van der Waals surface area (Å²) in [4.78, 5) is 2.19. The molecular formula is C11H14Br2N2O. The van der Waals surface area contributed by atoms with E-state index in [0.717, 1.165) is 29.5 Å². The molecule has 0 aromatic heterocycles. The Morgan fingerprint density at radius 3 is 2.88 bits per heavy atom. The van der Waals surface area contributed by atoms with Gasteiger partial charge in [-0.05, 0) is 40.9 Å². The Morgan fingerprint density at radius 1 is 1.44 bits per heavy atom. The van der Waals surface area contributed by atoms with Crippen LogP contribution in [-0.2, 0) is 0 Å². The smallest absolute Gasteiger partial charge is 0.153 e. The number of aromatic hydroxyl groups is 1. The van der Waals surface area contributed by atoms with Crippen molar-refractivity contribution in [3.63, 3.8) is 0 Å². The molecule has 1 fully saturated rings. The van der Waals surface area contributed by atoms with Gasteiger partial charge in [0, 0.05) is 23.6 Å². The maximum Gasteiger partial charge on any atom is 0.153 e. The van der Waals surface area contributed by atoms with Gasteiger partial charge < -0.3 is 15.7 Å². The number of anilines is 1. The van der Waals surface area contributed by atoms with Crippen molar-refractivity contribution in [2.45, 2.75) is 18.9 Å². The van der Waals surface area contributed by atoms with Crippen LogP contribution in [-0.4, -0.2) is 24.2 Å². The maximum atomic E-state index is 10.0. The van der Waals surface area contributed by atoms with Gasteiger partial charge in [0.05, 0.1) is 10.2 Å². The summed E-state index contributed by atoms with van der Waals surface area (Å²) in [5.74, 6) is 0.295. The van der Waals surface area contributed by atoms with E-state index in [2.05, 4.69) is 36.8 Å². The maximum absolute atomic E-state index is 10.0. The van der Waals surface area contributed by atoms with Crippen LogP contribution in [0, 0.1) is 0 Å². The van der Waals surface area contributed by atoms with Gasteiger partial charge in [-0.3, -0.25) is 0 Å². The number of halogens is 2. The lowest BCUT2D eigenvalue weighted by Crippen LogP contribution is -2.35. The summed E-state index contributed by atoms with van der Waals surface area (Å²) >= 11 is 6.78. The Hall–Kier alpha value is -0.260. The first-order valence-corrected chi connectivity index (χ1v) is 6.87. The van der Waals surface area contributed by atoms with Crippen molar-refractivity contribution in [2.24, 2.45) is 5.73 Å². The molecule has 0 bridgehead atoms. The first-order valence-electron chi connectivity index (χ1n) is 5.28. The molecule has 0 radical (unpaired) electrons. The average molecular weight is 350 g/mol. The molecular weight excluding hydrogens is 336 g/mol. The normalized spacial score (nSPS) is 20.4. The second-order valence-corrected chi connectivity index (χ2v) is 5.75. The number of benzene rings is 1. The van der Waals surface area contributed by atoms with Gasteiger partial charge >= 0.3 is 0 Å². The fraction of sp³-hybridized carbons (Fsp3) is 0.455. The van der Waals surface area contributed by atoms with Gasteiger partial charge in [0.1, 0.15) is 0 Å². The van der Waals surface area contributed by atoms with Crippen LogP contribution >= 0.6 is 31.9 Å². The van der Waals surface area contributed by atoms with Crippen molar-refractivity contribution in [2.75, 3.05) is 18.0 Å². The lowest BCUT2D eigenvalue weighted by atomic mass is 10.2. The van der Waals surface area contributed by atoms with E-state index in [4.69, 9.17) is 5.73 Å². The zero-order valence-electron chi connectivity index (χ0n) is 8.79. The zero-order chi connectivity index (χ0) is 11.7. The fourth-order valence-corrected chi connectivity index (χ4v) is 3.37. The first kappa shape index (κ1) is 12.2. The van der Waals surface area contributed by atoms with Crippen LogP contribution < -0.4 is 10.6 Å². The summed E-state index contributed by atoms with van der Waals surface area (Å²) in [5, 5.41) is 10.0. The van der Waals surface area contributed by atoms with Gasteiger partial charge in [0.2, 0.25) is 0 Å². The molecule has 2 rings (SSSR count). The number of nitrogens with zero attached hydrogens (tertiary/aromatic N) is 1. The molecule has 1 aromatic rings. The van der Waals surface area contributed by atoms with E-state index in [1.165, 1.54) is 0 Å². The van der Waals surface area contributed by atoms with Crippen LogP contribution in [0.2, 0.25) is 0 Å². The Balaban J connectivity index is 2.39. The highest BCUT2D eigenvalue weighted by atomic mass is 79.9. The molecule has 1 aliphatic rings. The predicted molar refractivity (Wildman–Crippen MR) is 72.9 cm³/mol. The Kier molecular flexibility index (Phi) is 3.77. The molecule has 0 saturated carbocycles. The van der Waals surface area contributed by atoms with E-state index in [0.29, 0.717) is 22.8 Å². The highest BCUT2D eigenvalue weighted by Crippen LogP contribution is 2.40. The van der Waals surface area contributed by atoms with E-state index in [1.54, 1.807) is 0 Å². The summed E-state index contributed by atoms with van der Waals surface area (Å²) in [6.45, 7) is 1.59. The molecule has 1 aliphatic heterocycles. The number of phenolic OH excluding ortho intramolecular Hbond substituents is 1. The van der Waals surface area contributed by atoms with Gasteiger partial charge in [-0.2, -0.15) is 0 Å². The molecule has 3 N–H and O–H groups in total. The molecule has 1 atom stereocenters. The van der Waals surface area contributed by atoms with Gasteiger partial charge in [0.25, 0.3) is 0 Å². The Bertz CT molecular complexity index is 398. The summed E-state index contributed by atoms with van der Waals surface area (Å²) in [7, 11) is 0. The lowest BCUT2D eigenvalue weighted by Gasteiger charge is -2.27. The van der Waals surface area contributed by atoms with Gasteiger partial charge in [0.15, 0.2) is 5.75 Å². The topological polar surface area (TPSA) is 49.5 Å². The van der Waals surface area contributed by atoms with E-state index >= 15 is 0 Å². The Labute approximate surface area is 112 Å². The summed E-state index contributed by atoms with van der Waals surface area (Å²) < 4.78 is 1.66. The number of nitrogens with two attached hydrogens (primary N) is 1. The minimum Gasteiger partial charge on any atom is -0.505 e. The SMILES string of the molecule is NCC1CCCN1c1cc(Br)cc(Br)c1O. The molecule has 5 heteroatoms. The van der Waals surface area contributed by atoms with Gasteiger partial charge in [-0.25, -0.2) is 0 Å². The van der Waals surface area contributed by atoms with Crippen molar-refractivity contribution in [1.82, 2.24) is 0 Å². The molecule has 0 aliphatic carbocycles. The Morgan fingerprint density at radius 2 is 2.19 bits per heavy atom. The molecule has 1 heterocycles. The number of rotatable bonds is 2. The molecule has 88 valence electrons. The molecule has 1 unspecified atom stereocenters. The third-order valence-electron chi connectivity index (χ3n) is 2.97. The molecule has 16 heavy (non-hydrogen) atoms. The van der Waals surface area contributed by atoms with Crippen molar-refractivity contribution < 1.29 is 5.11 Å². The van der Waals surface area contributed by atoms with E-state index in [1.807, 2.05) is 12.1 Å². The highest BCUT2D eigenvalue weighted by Gasteiger charge is 2.26. The van der Waals surface area contributed by atoms with Gasteiger partial charge in [-0.15, -0.1) is 0 Å². The number of hydrogen-bond acceptors (Lipinski definition) is 3. The van der Waals surface area contributed by atoms with Crippen LogP contribution in [0.3, 0.4) is 0 Å². The van der Waals surface area contributed by atoms with Crippen molar-refractivity contribution >= 4 is 37.5 Å². The third-order valence-corrected chi connectivity index (χ3v) is 4.03. The summed E-state index contributed by atoms with van der Waals surface area (Å²) in [5.41, 5.74) is 6.60. The monoisotopic (exact) mass is 348 g/mol. The van der Waals surface area contributed by atoms with Gasteiger partial charge in [-0.1, -0.05) is 15.9 Å². The lowest BCUT2D eigenvalue weighted by molar-refractivity contribution is 0.469. The summed E-state index contributed by atoms with van der Waals surface area (Å²) in [6.07, 6.45) is 2.23. The first-order chi connectivity index (χ1) is 7.63. The minimum atomic E-state index is 0.295. The molecule has 1 aromatic carbocycles. The van der Waals surface area contributed by atoms with E-state index in [9.17, 15) is 5.11 Å². The summed E-state index contributed by atoms with van der Waals surface area (Å²) in [6, 6.07) is 4.12. The predicted octanol–water partition coefficient (Wildman–Crippen LogP) is 2.84. The van der Waals surface area contributed by atoms with E-state index in [-0.39, 0.29) is 0 Å². The van der Waals surface area contributed by atoms with Crippen LogP contribution in [0.15, 0.2) is 21.1 Å². The number of phenols is 1. The highest BCUT2D eigenvalue weighted by molar-refractivity contribution is 9.11. The average Bonchev–Trinajstić information content (AvgIpc) is 2.71. The quantitative estimate of drug-likeness (QED) is 0.863. The second kappa shape index (κ2) is 4.94. The van der Waals surface area contributed by atoms with Crippen LogP contribution in [0.25, 0.3) is 0 Å². The minimum absolute atomic E-state index is 0.295. The molecule has 3 nitrogen and oxygen atoms in total. The van der Waals surface area contributed by atoms with Crippen LogP contribution in [0.4, 0.5) is 5.69 Å². The van der Waals surface area contributed by atoms with Crippen LogP contribution in [0.5, 0.6) is 5.75 Å². The third kappa shape index (κ3) is 2.21. The standard InChI is InChI=1S/C11H14Br2N2O/c12-7-4-9(13)11(16)10(5-7)15-3-1-2-8(15)6-14/h4-5,8,16H,1-3,6,14H2. The molecule has 0 spiro atoms. The second-order valence-electron chi connectivity index (χ2n) is 3.98. The van der Waals surface area contributed by atoms with Crippen molar-refractivity contribution in [1.29, 1.82) is 0 Å². The van der Waals surface area contributed by atoms with Crippen molar-refractivity contribution in [3.05, 3.63) is 21.1 Å². The zero-order valence-corrected chi connectivity index (χ0v) is 12.0. The molecule has 0 amide bonds. The number of hydrogen-bond donors (Lipinski definition) is 2. The van der Waals surface area contributed by atoms with E-state index < -0.39 is 0 Å². The van der Waals surface area contributed by atoms with Crippen molar-refractivity contribution in [3.8, 4) is 5.75 Å². The fourth-order valence-electron chi connectivity index (χ4n) is 2.17. The molecule has 1 saturated heterocycles. The largest absolute Gasteiger partial charge is 0.505 e.